The van der Waals surface area contributed by atoms with E-state index in [0.717, 1.165) is 32.5 Å². The summed E-state index contributed by atoms with van der Waals surface area (Å²) in [6.45, 7) is 16.3. The first-order chi connectivity index (χ1) is 8.12. The second kappa shape index (κ2) is 7.13. The summed E-state index contributed by atoms with van der Waals surface area (Å²) in [5.74, 6) is -0.695. The van der Waals surface area contributed by atoms with Gasteiger partial charge in [0.15, 0.2) is 0 Å². The van der Waals surface area contributed by atoms with Gasteiger partial charge in [-0.05, 0) is 43.3 Å². The van der Waals surface area contributed by atoms with E-state index in [4.69, 9.17) is 5.11 Å². The van der Waals surface area contributed by atoms with Gasteiger partial charge in [-0.15, -0.1) is 0 Å². The fourth-order valence-corrected chi connectivity index (χ4v) is 2.86. The molecule has 0 aliphatic carbocycles. The Kier molecular flexibility index (Phi) is 6.90. The molecule has 0 amide bonds. The lowest BCUT2D eigenvalue weighted by Gasteiger charge is -2.35. The van der Waals surface area contributed by atoms with Gasteiger partial charge in [0.05, 0.1) is 6.42 Å². The van der Waals surface area contributed by atoms with Crippen molar-refractivity contribution in [2.75, 3.05) is 19.6 Å². The molecular weight excluding hydrogens is 226 g/mol. The van der Waals surface area contributed by atoms with Crippen molar-refractivity contribution in [2.24, 2.45) is 10.8 Å². The van der Waals surface area contributed by atoms with E-state index in [-0.39, 0.29) is 17.3 Å². The Bertz CT molecular complexity index is 255. The zero-order chi connectivity index (χ0) is 14.4. The normalized spacial score (nSPS) is 13.1. The summed E-state index contributed by atoms with van der Waals surface area (Å²) >= 11 is 0. The topological polar surface area (TPSA) is 40.5 Å². The highest BCUT2D eigenvalue weighted by Gasteiger charge is 2.30. The minimum absolute atomic E-state index is 0.126. The molecule has 0 bridgehead atoms. The second-order valence-corrected chi connectivity index (χ2v) is 6.85. The molecule has 0 aromatic carbocycles. The van der Waals surface area contributed by atoms with Crippen LogP contribution in [0.1, 0.15) is 60.8 Å². The van der Waals surface area contributed by atoms with Gasteiger partial charge in [0, 0.05) is 0 Å². The van der Waals surface area contributed by atoms with E-state index in [1.54, 1.807) is 0 Å². The SMILES string of the molecule is CCN(CC)CCC(C)(C)CC(C)(C)CC(=O)O. The fourth-order valence-electron chi connectivity index (χ4n) is 2.86. The maximum Gasteiger partial charge on any atom is 0.303 e. The zero-order valence-electron chi connectivity index (χ0n) is 13.0. The fraction of sp³-hybridized carbons (Fsp3) is 0.933. The number of carbonyl (C=O) groups is 1. The summed E-state index contributed by atoms with van der Waals surface area (Å²) in [5.41, 5.74) is 0.0696. The molecule has 0 rings (SSSR count). The molecule has 0 aromatic rings. The van der Waals surface area contributed by atoms with E-state index in [0.29, 0.717) is 0 Å². The number of nitrogens with zero attached hydrogens (tertiary/aromatic N) is 1. The third-order valence-corrected chi connectivity index (χ3v) is 3.59. The number of carboxylic acid groups (broad SMARTS) is 1. The second-order valence-electron chi connectivity index (χ2n) is 6.85. The summed E-state index contributed by atoms with van der Waals surface area (Å²) in [6, 6.07) is 0. The van der Waals surface area contributed by atoms with Crippen LogP contribution < -0.4 is 0 Å². The van der Waals surface area contributed by atoms with Crippen molar-refractivity contribution >= 4 is 5.97 Å². The predicted octanol–water partition coefficient (Wildman–Crippen LogP) is 3.64. The van der Waals surface area contributed by atoms with Crippen LogP contribution in [0.2, 0.25) is 0 Å². The molecule has 0 saturated carbocycles. The lowest BCUT2D eigenvalue weighted by atomic mass is 9.72. The molecule has 0 fully saturated rings. The van der Waals surface area contributed by atoms with Crippen molar-refractivity contribution in [3.63, 3.8) is 0 Å². The van der Waals surface area contributed by atoms with E-state index >= 15 is 0 Å². The highest BCUT2D eigenvalue weighted by Crippen LogP contribution is 2.38. The minimum atomic E-state index is -0.695. The number of carboxylic acids is 1. The molecule has 3 nitrogen and oxygen atoms in total. The number of hydrogen-bond acceptors (Lipinski definition) is 2. The van der Waals surface area contributed by atoms with Gasteiger partial charge < -0.3 is 10.0 Å². The van der Waals surface area contributed by atoms with Crippen LogP contribution in [0.5, 0.6) is 0 Å². The van der Waals surface area contributed by atoms with E-state index in [2.05, 4.69) is 46.4 Å². The summed E-state index contributed by atoms with van der Waals surface area (Å²) in [5, 5.41) is 8.93. The number of aliphatic carboxylic acids is 1. The Hall–Kier alpha value is -0.570. The highest BCUT2D eigenvalue weighted by molar-refractivity contribution is 5.67. The van der Waals surface area contributed by atoms with Crippen LogP contribution >= 0.6 is 0 Å². The van der Waals surface area contributed by atoms with Gasteiger partial charge in [0.1, 0.15) is 0 Å². The standard InChI is InChI=1S/C15H31NO2/c1-7-16(8-2)10-9-14(3,4)12-15(5,6)11-13(17)18/h7-12H2,1-6H3,(H,17,18). The van der Waals surface area contributed by atoms with Gasteiger partial charge in [0.25, 0.3) is 0 Å². The molecule has 18 heavy (non-hydrogen) atoms. The van der Waals surface area contributed by atoms with Gasteiger partial charge >= 0.3 is 5.97 Å². The average molecular weight is 257 g/mol. The summed E-state index contributed by atoms with van der Waals surface area (Å²) < 4.78 is 0. The third-order valence-electron chi connectivity index (χ3n) is 3.59. The summed E-state index contributed by atoms with van der Waals surface area (Å²) in [4.78, 5) is 13.3. The van der Waals surface area contributed by atoms with Crippen LogP contribution in [0.4, 0.5) is 0 Å². The van der Waals surface area contributed by atoms with Gasteiger partial charge in [-0.1, -0.05) is 41.5 Å². The molecular formula is C15H31NO2. The quantitative estimate of drug-likeness (QED) is 0.685. The van der Waals surface area contributed by atoms with Crippen LogP contribution in [-0.4, -0.2) is 35.6 Å². The number of rotatable bonds is 9. The van der Waals surface area contributed by atoms with Gasteiger partial charge in [-0.2, -0.15) is 0 Å². The molecule has 0 aliphatic heterocycles. The Morgan fingerprint density at radius 2 is 1.56 bits per heavy atom. The van der Waals surface area contributed by atoms with Crippen molar-refractivity contribution in [3.8, 4) is 0 Å². The molecule has 3 heteroatoms. The lowest BCUT2D eigenvalue weighted by Crippen LogP contribution is -2.31. The van der Waals surface area contributed by atoms with Crippen molar-refractivity contribution in [1.29, 1.82) is 0 Å². The highest BCUT2D eigenvalue weighted by atomic mass is 16.4. The summed E-state index contributed by atoms with van der Waals surface area (Å²) in [7, 11) is 0. The smallest absolute Gasteiger partial charge is 0.303 e. The first-order valence-electron chi connectivity index (χ1n) is 7.06. The number of hydrogen-bond donors (Lipinski definition) is 1. The zero-order valence-corrected chi connectivity index (χ0v) is 13.0. The monoisotopic (exact) mass is 257 g/mol. The van der Waals surface area contributed by atoms with E-state index in [9.17, 15) is 4.79 Å². The molecule has 0 spiro atoms. The van der Waals surface area contributed by atoms with Crippen LogP contribution in [0.25, 0.3) is 0 Å². The molecule has 0 aliphatic rings. The molecule has 0 saturated heterocycles. The van der Waals surface area contributed by atoms with Gasteiger partial charge in [0.2, 0.25) is 0 Å². The Morgan fingerprint density at radius 3 is 1.94 bits per heavy atom. The van der Waals surface area contributed by atoms with Crippen LogP contribution in [0.15, 0.2) is 0 Å². The van der Waals surface area contributed by atoms with Crippen molar-refractivity contribution in [3.05, 3.63) is 0 Å². The molecule has 0 atom stereocenters. The Balaban J connectivity index is 4.32. The molecule has 0 heterocycles. The van der Waals surface area contributed by atoms with Gasteiger partial charge in [-0.3, -0.25) is 4.79 Å². The van der Waals surface area contributed by atoms with Crippen LogP contribution in [0, 0.1) is 10.8 Å². The molecule has 108 valence electrons. The third kappa shape index (κ3) is 7.70. The minimum Gasteiger partial charge on any atom is -0.481 e. The first kappa shape index (κ1) is 17.4. The average Bonchev–Trinajstić information content (AvgIpc) is 2.14. The Morgan fingerprint density at radius 1 is 1.06 bits per heavy atom. The molecule has 0 aromatic heterocycles. The van der Waals surface area contributed by atoms with E-state index in [1.807, 2.05) is 0 Å². The molecule has 0 unspecified atom stereocenters. The molecule has 1 N–H and O–H groups in total. The van der Waals surface area contributed by atoms with Crippen molar-refractivity contribution in [1.82, 2.24) is 4.90 Å². The van der Waals surface area contributed by atoms with Crippen molar-refractivity contribution in [2.45, 2.75) is 60.8 Å². The van der Waals surface area contributed by atoms with Crippen LogP contribution in [-0.2, 0) is 4.79 Å². The lowest BCUT2D eigenvalue weighted by molar-refractivity contribution is -0.139. The van der Waals surface area contributed by atoms with Gasteiger partial charge in [-0.25, -0.2) is 0 Å². The molecule has 0 radical (unpaired) electrons. The van der Waals surface area contributed by atoms with E-state index in [1.165, 1.54) is 0 Å². The summed E-state index contributed by atoms with van der Waals surface area (Å²) in [6.07, 6.45) is 2.33. The first-order valence-corrected chi connectivity index (χ1v) is 7.06. The maximum atomic E-state index is 10.9. The van der Waals surface area contributed by atoms with Crippen LogP contribution in [0.3, 0.4) is 0 Å². The van der Waals surface area contributed by atoms with E-state index < -0.39 is 5.97 Å². The van der Waals surface area contributed by atoms with Crippen molar-refractivity contribution < 1.29 is 9.90 Å². The Labute approximate surface area is 113 Å². The largest absolute Gasteiger partial charge is 0.481 e. The predicted molar refractivity (Wildman–Crippen MR) is 76.8 cm³/mol. The maximum absolute atomic E-state index is 10.9.